The number of carbonyl (C=O) groups is 2. The second kappa shape index (κ2) is 7.48. The van der Waals surface area contributed by atoms with Gasteiger partial charge in [0.15, 0.2) is 0 Å². The highest BCUT2D eigenvalue weighted by molar-refractivity contribution is 5.94. The predicted octanol–water partition coefficient (Wildman–Crippen LogP) is 3.44. The Morgan fingerprint density at radius 3 is 2.71 bits per heavy atom. The van der Waals surface area contributed by atoms with Gasteiger partial charge < -0.3 is 14.2 Å². The number of likely N-dealkylation sites (tertiary alicyclic amines) is 2. The fourth-order valence-electron chi connectivity index (χ4n) is 4.97. The smallest absolute Gasteiger partial charge is 0.274 e. The molecule has 4 heterocycles. The van der Waals surface area contributed by atoms with Crippen molar-refractivity contribution in [3.05, 3.63) is 71.4 Å². The van der Waals surface area contributed by atoms with E-state index in [1.165, 1.54) is 12.1 Å². The standard InChI is InChI=1S/C24H25FN4O2/c1-17-22(26-20-7-2-3-10-29(17)20)23(31)27-11-8-24(9-12-27)14-21(30)28(16-24)15-18-5-4-6-19(25)13-18/h2-7,10,13H,8-9,11-12,14-16H2,1H3. The Morgan fingerprint density at radius 2 is 1.97 bits per heavy atom. The predicted molar refractivity (Wildman–Crippen MR) is 114 cm³/mol. The Bertz CT molecular complexity index is 1160. The first kappa shape index (κ1) is 19.7. The van der Waals surface area contributed by atoms with Crippen LogP contribution in [0, 0.1) is 18.2 Å². The molecule has 2 fully saturated rings. The molecule has 0 bridgehead atoms. The Hall–Kier alpha value is -3.22. The number of halogens is 1. The van der Waals surface area contributed by atoms with Crippen LogP contribution in [0.25, 0.3) is 5.65 Å². The number of hydrogen-bond acceptors (Lipinski definition) is 3. The van der Waals surface area contributed by atoms with E-state index < -0.39 is 0 Å². The molecule has 0 radical (unpaired) electrons. The van der Waals surface area contributed by atoms with Crippen molar-refractivity contribution in [3.63, 3.8) is 0 Å². The van der Waals surface area contributed by atoms with Crippen LogP contribution in [0.3, 0.4) is 0 Å². The molecule has 2 aromatic heterocycles. The number of pyridine rings is 1. The van der Waals surface area contributed by atoms with Gasteiger partial charge in [-0.25, -0.2) is 9.37 Å². The number of aromatic nitrogens is 2. The lowest BCUT2D eigenvalue weighted by atomic mass is 9.77. The van der Waals surface area contributed by atoms with Crippen molar-refractivity contribution >= 4 is 17.5 Å². The van der Waals surface area contributed by atoms with Crippen molar-refractivity contribution in [2.24, 2.45) is 5.41 Å². The number of amides is 2. The van der Waals surface area contributed by atoms with Gasteiger partial charge in [0, 0.05) is 44.2 Å². The first-order valence-corrected chi connectivity index (χ1v) is 10.7. The van der Waals surface area contributed by atoms with Crippen molar-refractivity contribution in [2.75, 3.05) is 19.6 Å². The third kappa shape index (κ3) is 3.58. The summed E-state index contributed by atoms with van der Waals surface area (Å²) in [6.07, 6.45) is 3.99. The van der Waals surface area contributed by atoms with E-state index in [0.29, 0.717) is 38.3 Å². The van der Waals surface area contributed by atoms with E-state index >= 15 is 0 Å². The van der Waals surface area contributed by atoms with Crippen LogP contribution in [-0.4, -0.2) is 50.6 Å². The zero-order valence-electron chi connectivity index (χ0n) is 17.6. The average molecular weight is 420 g/mol. The highest BCUT2D eigenvalue weighted by Crippen LogP contribution is 2.41. The molecule has 0 aliphatic carbocycles. The van der Waals surface area contributed by atoms with Gasteiger partial charge in [0.05, 0.1) is 5.69 Å². The van der Waals surface area contributed by atoms with Crippen molar-refractivity contribution in [3.8, 4) is 0 Å². The molecule has 3 aromatic rings. The molecule has 0 N–H and O–H groups in total. The molecule has 5 rings (SSSR count). The maximum atomic E-state index is 13.5. The van der Waals surface area contributed by atoms with Crippen LogP contribution in [0.5, 0.6) is 0 Å². The van der Waals surface area contributed by atoms with Crippen LogP contribution >= 0.6 is 0 Å². The fraction of sp³-hybridized carbons (Fsp3) is 0.375. The van der Waals surface area contributed by atoms with Gasteiger partial charge in [-0.15, -0.1) is 0 Å². The molecule has 1 aromatic carbocycles. The number of carbonyl (C=O) groups excluding carboxylic acids is 2. The summed E-state index contributed by atoms with van der Waals surface area (Å²) in [5.74, 6) is -0.217. The summed E-state index contributed by atoms with van der Waals surface area (Å²) in [6.45, 7) is 4.25. The highest BCUT2D eigenvalue weighted by atomic mass is 19.1. The molecule has 160 valence electrons. The molecule has 0 atom stereocenters. The van der Waals surface area contributed by atoms with Crippen molar-refractivity contribution in [1.29, 1.82) is 0 Å². The van der Waals surface area contributed by atoms with Crippen LogP contribution in [0.1, 0.15) is 41.0 Å². The van der Waals surface area contributed by atoms with E-state index in [9.17, 15) is 14.0 Å². The maximum absolute atomic E-state index is 13.5. The van der Waals surface area contributed by atoms with Crippen LogP contribution < -0.4 is 0 Å². The highest BCUT2D eigenvalue weighted by Gasteiger charge is 2.45. The van der Waals surface area contributed by atoms with Gasteiger partial charge in [-0.05, 0) is 49.6 Å². The number of rotatable bonds is 3. The van der Waals surface area contributed by atoms with Crippen molar-refractivity contribution in [1.82, 2.24) is 19.2 Å². The van der Waals surface area contributed by atoms with Gasteiger partial charge in [-0.3, -0.25) is 9.59 Å². The molecule has 31 heavy (non-hydrogen) atoms. The molecule has 0 unspecified atom stereocenters. The van der Waals surface area contributed by atoms with Gasteiger partial charge in [0.2, 0.25) is 5.91 Å². The molecule has 1 spiro atoms. The Labute approximate surface area is 180 Å². The van der Waals surface area contributed by atoms with Crippen LogP contribution in [0.2, 0.25) is 0 Å². The normalized spacial score (nSPS) is 18.3. The number of benzene rings is 1. The topological polar surface area (TPSA) is 57.9 Å². The zero-order valence-corrected chi connectivity index (χ0v) is 17.6. The quantitative estimate of drug-likeness (QED) is 0.652. The average Bonchev–Trinajstić information content (AvgIpc) is 3.25. The van der Waals surface area contributed by atoms with Crippen LogP contribution in [0.15, 0.2) is 48.7 Å². The second-order valence-corrected chi connectivity index (χ2v) is 8.82. The lowest BCUT2D eigenvalue weighted by molar-refractivity contribution is -0.128. The van der Waals surface area contributed by atoms with Crippen LogP contribution in [-0.2, 0) is 11.3 Å². The SMILES string of the molecule is Cc1c(C(=O)N2CCC3(CC2)CC(=O)N(Cc2cccc(F)c2)C3)nc2ccccn12. The fourth-order valence-corrected chi connectivity index (χ4v) is 4.97. The second-order valence-electron chi connectivity index (χ2n) is 8.82. The van der Waals surface area contributed by atoms with E-state index in [2.05, 4.69) is 4.98 Å². The molecule has 2 aliphatic heterocycles. The molecular formula is C24H25FN4O2. The summed E-state index contributed by atoms with van der Waals surface area (Å²) in [7, 11) is 0. The summed E-state index contributed by atoms with van der Waals surface area (Å²) in [5.41, 5.74) is 2.82. The third-order valence-corrected chi connectivity index (χ3v) is 6.75. The Balaban J connectivity index is 1.26. The summed E-state index contributed by atoms with van der Waals surface area (Å²) in [5, 5.41) is 0. The van der Waals surface area contributed by atoms with E-state index in [1.54, 1.807) is 6.07 Å². The molecule has 2 amide bonds. The van der Waals surface area contributed by atoms with E-state index in [-0.39, 0.29) is 23.0 Å². The lowest BCUT2D eigenvalue weighted by Gasteiger charge is -2.38. The van der Waals surface area contributed by atoms with Gasteiger partial charge in [-0.1, -0.05) is 18.2 Å². The van der Waals surface area contributed by atoms with Gasteiger partial charge in [0.25, 0.3) is 5.91 Å². The molecule has 7 heteroatoms. The number of hydrogen-bond donors (Lipinski definition) is 0. The summed E-state index contributed by atoms with van der Waals surface area (Å²) in [4.78, 5) is 34.0. The largest absolute Gasteiger partial charge is 0.338 e. The third-order valence-electron chi connectivity index (χ3n) is 6.75. The maximum Gasteiger partial charge on any atom is 0.274 e. The van der Waals surface area contributed by atoms with E-state index in [4.69, 9.17) is 0 Å². The summed E-state index contributed by atoms with van der Waals surface area (Å²) >= 11 is 0. The number of nitrogens with zero attached hydrogens (tertiary/aromatic N) is 4. The van der Waals surface area contributed by atoms with E-state index in [0.717, 1.165) is 29.7 Å². The number of aryl methyl sites for hydroxylation is 1. The van der Waals surface area contributed by atoms with Crippen molar-refractivity contribution in [2.45, 2.75) is 32.7 Å². The minimum Gasteiger partial charge on any atom is -0.338 e. The summed E-state index contributed by atoms with van der Waals surface area (Å²) in [6, 6.07) is 12.1. The minimum atomic E-state index is -0.284. The number of imidazole rings is 1. The first-order valence-electron chi connectivity index (χ1n) is 10.7. The lowest BCUT2D eigenvalue weighted by Crippen LogP contribution is -2.44. The van der Waals surface area contributed by atoms with Crippen LogP contribution in [0.4, 0.5) is 4.39 Å². The van der Waals surface area contributed by atoms with Gasteiger partial charge in [0.1, 0.15) is 17.2 Å². The molecule has 2 saturated heterocycles. The van der Waals surface area contributed by atoms with E-state index in [1.807, 2.05) is 51.6 Å². The van der Waals surface area contributed by atoms with Gasteiger partial charge in [-0.2, -0.15) is 0 Å². The monoisotopic (exact) mass is 420 g/mol. The molecule has 6 nitrogen and oxygen atoms in total. The Morgan fingerprint density at radius 1 is 1.16 bits per heavy atom. The van der Waals surface area contributed by atoms with Gasteiger partial charge >= 0.3 is 0 Å². The number of fused-ring (bicyclic) bond motifs is 1. The summed E-state index contributed by atoms with van der Waals surface area (Å²) < 4.78 is 15.4. The zero-order chi connectivity index (χ0) is 21.6. The first-order chi connectivity index (χ1) is 14.9. The molecule has 0 saturated carbocycles. The molecular weight excluding hydrogens is 395 g/mol. The number of piperidine rings is 1. The minimum absolute atomic E-state index is 0.0445. The Kier molecular flexibility index (Phi) is 4.76. The molecule has 2 aliphatic rings. The van der Waals surface area contributed by atoms with Crippen molar-refractivity contribution < 1.29 is 14.0 Å².